The molecule has 0 fully saturated rings. The normalized spacial score (nSPS) is 17.9. The van der Waals surface area contributed by atoms with Crippen LogP contribution in [-0.2, 0) is 0 Å². The third-order valence-electron chi connectivity index (χ3n) is 7.10. The summed E-state index contributed by atoms with van der Waals surface area (Å²) in [4.78, 5) is 0. The van der Waals surface area contributed by atoms with Crippen molar-refractivity contribution in [2.24, 2.45) is 5.10 Å². The van der Waals surface area contributed by atoms with E-state index in [1.807, 2.05) is 42.5 Å². The van der Waals surface area contributed by atoms with E-state index in [0.29, 0.717) is 11.5 Å². The van der Waals surface area contributed by atoms with Crippen LogP contribution in [-0.4, -0.2) is 31.5 Å². The molecule has 0 spiro atoms. The molecule has 5 rings (SSSR count). The molecular formula is C31H36N2O4. The minimum absolute atomic E-state index is 0.0945. The number of rotatable bonds is 11. The van der Waals surface area contributed by atoms with E-state index in [0.717, 1.165) is 53.3 Å². The van der Waals surface area contributed by atoms with Gasteiger partial charge in [0.25, 0.3) is 0 Å². The Bertz CT molecular complexity index is 1220. The molecule has 194 valence electrons. The summed E-state index contributed by atoms with van der Waals surface area (Å²) in [5, 5.41) is 7.17. The average Bonchev–Trinajstić information content (AvgIpc) is 3.40. The van der Waals surface area contributed by atoms with Crippen LogP contribution >= 0.6 is 0 Å². The lowest BCUT2D eigenvalue weighted by Gasteiger charge is -2.38. The van der Waals surface area contributed by atoms with Gasteiger partial charge in [-0.2, -0.15) is 5.10 Å². The monoisotopic (exact) mass is 500 g/mol. The second-order valence-electron chi connectivity index (χ2n) is 9.56. The lowest BCUT2D eigenvalue weighted by Crippen LogP contribution is -2.33. The fourth-order valence-corrected chi connectivity index (χ4v) is 5.07. The summed E-state index contributed by atoms with van der Waals surface area (Å²) in [7, 11) is 3.30. The van der Waals surface area contributed by atoms with Gasteiger partial charge in [-0.05, 0) is 55.0 Å². The smallest absolute Gasteiger partial charge is 0.213 e. The van der Waals surface area contributed by atoms with Gasteiger partial charge in [0.05, 0.1) is 32.6 Å². The summed E-state index contributed by atoms with van der Waals surface area (Å²) in [6, 6.07) is 22.6. The Balaban J connectivity index is 1.36. The first-order valence-corrected chi connectivity index (χ1v) is 13.3. The molecule has 0 saturated carbocycles. The Morgan fingerprint density at radius 3 is 2.46 bits per heavy atom. The molecule has 2 heterocycles. The topological polar surface area (TPSA) is 52.5 Å². The number of fused-ring (bicyclic) bond motifs is 3. The van der Waals surface area contributed by atoms with E-state index < -0.39 is 0 Å². The van der Waals surface area contributed by atoms with Crippen LogP contribution < -0.4 is 18.9 Å². The zero-order chi connectivity index (χ0) is 25.6. The second kappa shape index (κ2) is 11.6. The first-order chi connectivity index (χ1) is 18.2. The lowest BCUT2D eigenvalue weighted by atomic mass is 9.96. The van der Waals surface area contributed by atoms with Crippen LogP contribution in [0.1, 0.15) is 74.4 Å². The number of benzene rings is 3. The van der Waals surface area contributed by atoms with Gasteiger partial charge in [-0.25, -0.2) is 5.01 Å². The maximum atomic E-state index is 6.51. The number of para-hydroxylation sites is 1. The van der Waals surface area contributed by atoms with Gasteiger partial charge in [-0.15, -0.1) is 0 Å². The Morgan fingerprint density at radius 1 is 0.892 bits per heavy atom. The highest BCUT2D eigenvalue weighted by Crippen LogP contribution is 2.47. The highest BCUT2D eigenvalue weighted by Gasteiger charge is 2.41. The van der Waals surface area contributed by atoms with E-state index >= 15 is 0 Å². The van der Waals surface area contributed by atoms with Gasteiger partial charge >= 0.3 is 0 Å². The third kappa shape index (κ3) is 5.38. The predicted molar refractivity (Wildman–Crippen MR) is 146 cm³/mol. The van der Waals surface area contributed by atoms with Crippen molar-refractivity contribution in [2.75, 3.05) is 20.8 Å². The minimum Gasteiger partial charge on any atom is -0.494 e. The first kappa shape index (κ1) is 25.0. The summed E-state index contributed by atoms with van der Waals surface area (Å²) < 4.78 is 23.4. The number of nitrogens with zero attached hydrogens (tertiary/aromatic N) is 2. The zero-order valence-corrected chi connectivity index (χ0v) is 22.0. The van der Waals surface area contributed by atoms with Crippen LogP contribution in [0.5, 0.6) is 23.0 Å². The highest BCUT2D eigenvalue weighted by atomic mass is 16.5. The Hall–Kier alpha value is -3.67. The molecule has 0 aromatic heterocycles. The maximum Gasteiger partial charge on any atom is 0.213 e. The van der Waals surface area contributed by atoms with Gasteiger partial charge < -0.3 is 18.9 Å². The van der Waals surface area contributed by atoms with Crippen molar-refractivity contribution >= 4 is 5.71 Å². The first-order valence-electron chi connectivity index (χ1n) is 13.3. The van der Waals surface area contributed by atoms with Crippen molar-refractivity contribution < 1.29 is 18.9 Å². The molecule has 0 N–H and O–H groups in total. The molecule has 2 atom stereocenters. The molecule has 6 heteroatoms. The number of methoxy groups -OCH3 is 2. The van der Waals surface area contributed by atoms with Crippen LogP contribution in [0.2, 0.25) is 0 Å². The fraction of sp³-hybridized carbons (Fsp3) is 0.387. The van der Waals surface area contributed by atoms with E-state index in [-0.39, 0.29) is 12.3 Å². The summed E-state index contributed by atoms with van der Waals surface area (Å²) in [6.07, 6.45) is 6.61. The Labute approximate surface area is 219 Å². The van der Waals surface area contributed by atoms with E-state index in [1.165, 1.54) is 25.7 Å². The molecule has 37 heavy (non-hydrogen) atoms. The largest absolute Gasteiger partial charge is 0.494 e. The summed E-state index contributed by atoms with van der Waals surface area (Å²) in [5.74, 6) is 3.20. The number of unbranched alkanes of at least 4 members (excludes halogenated alkanes) is 4. The maximum absolute atomic E-state index is 6.51. The number of hydrogen-bond donors (Lipinski definition) is 0. The van der Waals surface area contributed by atoms with Crippen LogP contribution in [0.25, 0.3) is 0 Å². The summed E-state index contributed by atoms with van der Waals surface area (Å²) >= 11 is 0. The van der Waals surface area contributed by atoms with E-state index in [4.69, 9.17) is 24.0 Å². The molecule has 0 radical (unpaired) electrons. The Morgan fingerprint density at radius 2 is 1.68 bits per heavy atom. The lowest BCUT2D eigenvalue weighted by molar-refractivity contribution is -0.0190. The van der Waals surface area contributed by atoms with Gasteiger partial charge in [-0.3, -0.25) is 0 Å². The highest BCUT2D eigenvalue weighted by molar-refractivity contribution is 6.02. The molecule has 3 aromatic rings. The van der Waals surface area contributed by atoms with Crippen LogP contribution in [0.3, 0.4) is 0 Å². The predicted octanol–water partition coefficient (Wildman–Crippen LogP) is 7.30. The SMILES string of the molecule is CCCCCCCOc1ccc([C@H]2Oc3ccccc3[C@@H]3CC(c4ccc(OC)c(OC)c4)=NN23)cc1. The van der Waals surface area contributed by atoms with E-state index in [1.54, 1.807) is 14.2 Å². The van der Waals surface area contributed by atoms with Crippen molar-refractivity contribution in [1.82, 2.24) is 5.01 Å². The van der Waals surface area contributed by atoms with Crippen molar-refractivity contribution in [2.45, 2.75) is 57.7 Å². The van der Waals surface area contributed by atoms with Crippen molar-refractivity contribution in [3.8, 4) is 23.0 Å². The number of hydrogen-bond acceptors (Lipinski definition) is 6. The number of hydrazone groups is 1. The molecule has 2 aliphatic rings. The molecule has 0 bridgehead atoms. The molecule has 0 amide bonds. The van der Waals surface area contributed by atoms with Crippen molar-refractivity contribution in [3.63, 3.8) is 0 Å². The number of ether oxygens (including phenoxy) is 4. The van der Waals surface area contributed by atoms with Crippen molar-refractivity contribution in [1.29, 1.82) is 0 Å². The van der Waals surface area contributed by atoms with E-state index in [2.05, 4.69) is 36.2 Å². The fourth-order valence-electron chi connectivity index (χ4n) is 5.07. The quantitative estimate of drug-likeness (QED) is 0.259. The van der Waals surface area contributed by atoms with Gasteiger partial charge in [0.2, 0.25) is 6.23 Å². The molecule has 0 unspecified atom stereocenters. The molecule has 0 aliphatic carbocycles. The van der Waals surface area contributed by atoms with Gasteiger partial charge in [-0.1, -0.05) is 50.8 Å². The Kier molecular flexibility index (Phi) is 7.83. The summed E-state index contributed by atoms with van der Waals surface area (Å²) in [6.45, 7) is 2.99. The van der Waals surface area contributed by atoms with Crippen molar-refractivity contribution in [3.05, 3.63) is 83.4 Å². The minimum atomic E-state index is -0.319. The second-order valence-corrected chi connectivity index (χ2v) is 9.56. The molecular weight excluding hydrogens is 464 g/mol. The van der Waals surface area contributed by atoms with Gasteiger partial charge in [0.1, 0.15) is 11.5 Å². The van der Waals surface area contributed by atoms with Gasteiger partial charge in [0.15, 0.2) is 11.5 Å². The molecule has 0 saturated heterocycles. The van der Waals surface area contributed by atoms with E-state index in [9.17, 15) is 0 Å². The molecule has 2 aliphatic heterocycles. The van der Waals surface area contributed by atoms with Crippen LogP contribution in [0.15, 0.2) is 71.8 Å². The third-order valence-corrected chi connectivity index (χ3v) is 7.10. The zero-order valence-electron chi connectivity index (χ0n) is 22.0. The van der Waals surface area contributed by atoms with Crippen LogP contribution in [0, 0.1) is 0 Å². The molecule has 3 aromatic carbocycles. The average molecular weight is 501 g/mol. The standard InChI is InChI=1S/C31H36N2O4/c1-4-5-6-7-10-19-36-24-16-13-22(14-17-24)31-33-27(25-11-8-9-12-28(25)37-31)21-26(32-33)23-15-18-29(34-2)30(20-23)35-3/h8-9,11-18,20,27,31H,4-7,10,19,21H2,1-3H3/t27-,31+/m0/s1. The van der Waals surface area contributed by atoms with Gasteiger partial charge in [0, 0.05) is 23.1 Å². The summed E-state index contributed by atoms with van der Waals surface area (Å²) in [5.41, 5.74) is 4.22. The molecule has 6 nitrogen and oxygen atoms in total. The van der Waals surface area contributed by atoms with Crippen LogP contribution in [0.4, 0.5) is 0 Å².